The highest BCUT2D eigenvalue weighted by Gasteiger charge is 2.36. The molecule has 0 saturated carbocycles. The van der Waals surface area contributed by atoms with Gasteiger partial charge in [-0.25, -0.2) is 0 Å². The Hall–Kier alpha value is -3.63. The first-order valence-electron chi connectivity index (χ1n) is 17.7. The van der Waals surface area contributed by atoms with Crippen LogP contribution in [0.25, 0.3) is 0 Å². The molecule has 4 N–H and O–H groups in total. The summed E-state index contributed by atoms with van der Waals surface area (Å²) in [7, 11) is 9.82. The van der Waals surface area contributed by atoms with Crippen molar-refractivity contribution in [1.29, 1.82) is 0 Å². The molecule has 0 aromatic heterocycles. The van der Waals surface area contributed by atoms with E-state index in [1.165, 1.54) is 25.9 Å². The topological polar surface area (TPSA) is 192 Å². The Morgan fingerprint density at radius 3 is 1.76 bits per heavy atom. The molecule has 0 saturated heterocycles. The number of rotatable bonds is 23. The molecular weight excluding hydrogens is 660 g/mol. The van der Waals surface area contributed by atoms with E-state index in [1.807, 2.05) is 32.6 Å². The van der Waals surface area contributed by atoms with E-state index in [-0.39, 0.29) is 74.0 Å². The second kappa shape index (κ2) is 23.0. The Balaban J connectivity index is 5.88. The smallest absolute Gasteiger partial charge is 0.245 e. The lowest BCUT2D eigenvalue weighted by Gasteiger charge is -2.38. The molecule has 0 aliphatic carbocycles. The molecule has 16 nitrogen and oxygen atoms in total. The van der Waals surface area contributed by atoms with Crippen molar-refractivity contribution >= 4 is 41.2 Å². The van der Waals surface area contributed by atoms with Gasteiger partial charge in [0, 0.05) is 33.7 Å². The Morgan fingerprint density at radius 2 is 1.27 bits per heavy atom. The van der Waals surface area contributed by atoms with E-state index >= 15 is 0 Å². The predicted molar refractivity (Wildman–Crippen MR) is 195 cm³/mol. The third-order valence-electron chi connectivity index (χ3n) is 8.43. The normalized spacial score (nSPS) is 14.4. The van der Waals surface area contributed by atoms with E-state index in [9.17, 15) is 38.7 Å². The minimum absolute atomic E-state index is 0.110. The van der Waals surface area contributed by atoms with Crippen molar-refractivity contribution in [3.63, 3.8) is 0 Å². The van der Waals surface area contributed by atoms with Crippen LogP contribution in [-0.2, 0) is 33.6 Å². The zero-order chi connectivity index (χ0) is 39.7. The van der Waals surface area contributed by atoms with Gasteiger partial charge in [-0.1, -0.05) is 34.6 Å². The number of nitrogens with one attached hydrogen (secondary N) is 3. The van der Waals surface area contributed by atoms with Gasteiger partial charge in [-0.2, -0.15) is 0 Å². The van der Waals surface area contributed by atoms with Gasteiger partial charge >= 0.3 is 0 Å². The number of Topliss-reactive ketones (excluding diaryl/α,β-unsaturated/α-hetero) is 1. The first-order chi connectivity index (χ1) is 23.5. The Bertz CT molecular complexity index is 1180. The Kier molecular flexibility index (Phi) is 21.4. The maximum Gasteiger partial charge on any atom is 0.245 e. The first kappa shape index (κ1) is 47.4. The lowest BCUT2D eigenvalue weighted by Crippen LogP contribution is -2.57. The fourth-order valence-corrected chi connectivity index (χ4v) is 5.59. The highest BCUT2D eigenvalue weighted by atomic mass is 16.3. The van der Waals surface area contributed by atoms with Gasteiger partial charge in [0.15, 0.2) is 0 Å². The molecule has 0 spiro atoms. The standard InChI is InChI=1S/C35H66N8O8/c1-14-28(45)32(33(49)37-17-24(6)44)43(13)31(48)21-41(11)35(51)27(16-23(4)5)40(10)19-26(15-22(2)3)42(12)34(50)25(7)38-29(46)18-36-30(47)20-39(8)9/h22-23,25-28,32,45H,14-21H2,1-13H3,(H,36,47)(H,37,49)(H,38,46). The summed E-state index contributed by atoms with van der Waals surface area (Å²) in [4.78, 5) is 97.0. The van der Waals surface area contributed by atoms with E-state index < -0.39 is 42.0 Å². The molecule has 16 heteroatoms. The summed E-state index contributed by atoms with van der Waals surface area (Å²) in [5.74, 6) is -2.66. The molecule has 51 heavy (non-hydrogen) atoms. The Labute approximate surface area is 305 Å². The van der Waals surface area contributed by atoms with Crippen molar-refractivity contribution < 1.29 is 38.7 Å². The molecule has 0 aliphatic heterocycles. The lowest BCUT2D eigenvalue weighted by molar-refractivity contribution is -0.147. The van der Waals surface area contributed by atoms with Crippen LogP contribution in [-0.4, -0.2) is 176 Å². The predicted octanol–water partition coefficient (Wildman–Crippen LogP) is -0.850. The quantitative estimate of drug-likeness (QED) is 0.103. The number of hydrogen-bond donors (Lipinski definition) is 4. The molecule has 6 amide bonds. The summed E-state index contributed by atoms with van der Waals surface area (Å²) >= 11 is 0. The van der Waals surface area contributed by atoms with Crippen molar-refractivity contribution in [2.45, 2.75) is 98.0 Å². The largest absolute Gasteiger partial charge is 0.390 e. The molecule has 0 radical (unpaired) electrons. The van der Waals surface area contributed by atoms with Crippen LogP contribution in [0.2, 0.25) is 0 Å². The SMILES string of the molecule is CCC(O)C(C(=O)NCC(C)=O)N(C)C(=O)CN(C)C(=O)C(CC(C)C)N(C)CC(CC(C)C)N(C)C(=O)C(C)NC(=O)CNC(=O)CN(C)C. The van der Waals surface area contributed by atoms with E-state index in [1.54, 1.807) is 51.8 Å². The molecule has 0 rings (SSSR count). The maximum absolute atomic E-state index is 13.9. The molecule has 0 aromatic carbocycles. The number of aliphatic hydroxyl groups is 1. The van der Waals surface area contributed by atoms with E-state index in [4.69, 9.17) is 0 Å². The van der Waals surface area contributed by atoms with Gasteiger partial charge in [-0.05, 0) is 66.1 Å². The van der Waals surface area contributed by atoms with Gasteiger partial charge < -0.3 is 40.7 Å². The highest BCUT2D eigenvalue weighted by molar-refractivity contribution is 5.93. The molecule has 0 bridgehead atoms. The van der Waals surface area contributed by atoms with Gasteiger partial charge in [0.2, 0.25) is 35.4 Å². The summed E-state index contributed by atoms with van der Waals surface area (Å²) in [6.45, 7) is 12.2. The van der Waals surface area contributed by atoms with Crippen LogP contribution < -0.4 is 16.0 Å². The van der Waals surface area contributed by atoms with Crippen molar-refractivity contribution in [3.05, 3.63) is 0 Å². The summed E-state index contributed by atoms with van der Waals surface area (Å²) < 4.78 is 0. The van der Waals surface area contributed by atoms with Crippen LogP contribution in [0.1, 0.15) is 67.7 Å². The van der Waals surface area contributed by atoms with Crippen LogP contribution in [0, 0.1) is 11.8 Å². The third-order valence-corrected chi connectivity index (χ3v) is 8.43. The molecular formula is C35H66N8O8. The molecule has 294 valence electrons. The number of amides is 6. The molecule has 5 atom stereocenters. The first-order valence-corrected chi connectivity index (χ1v) is 17.7. The van der Waals surface area contributed by atoms with Crippen LogP contribution in [0.5, 0.6) is 0 Å². The second-order valence-electron chi connectivity index (χ2n) is 14.7. The van der Waals surface area contributed by atoms with Crippen molar-refractivity contribution in [2.24, 2.45) is 11.8 Å². The van der Waals surface area contributed by atoms with Crippen LogP contribution in [0.4, 0.5) is 0 Å². The highest BCUT2D eigenvalue weighted by Crippen LogP contribution is 2.19. The van der Waals surface area contributed by atoms with E-state index in [2.05, 4.69) is 16.0 Å². The number of hydrogen-bond acceptors (Lipinski definition) is 10. The molecule has 0 aromatic rings. The molecule has 0 heterocycles. The van der Waals surface area contributed by atoms with Gasteiger partial charge in [-0.3, -0.25) is 38.5 Å². The average Bonchev–Trinajstić information content (AvgIpc) is 3.02. The number of carbonyl (C=O) groups excluding carboxylic acids is 7. The summed E-state index contributed by atoms with van der Waals surface area (Å²) in [5.41, 5.74) is 0. The molecule has 0 aliphatic rings. The summed E-state index contributed by atoms with van der Waals surface area (Å²) in [5, 5.41) is 18.2. The average molecular weight is 727 g/mol. The Morgan fingerprint density at radius 1 is 0.706 bits per heavy atom. The van der Waals surface area contributed by atoms with Gasteiger partial charge in [0.05, 0.1) is 38.3 Å². The number of likely N-dealkylation sites (N-methyl/N-ethyl adjacent to an activating group) is 5. The van der Waals surface area contributed by atoms with Crippen molar-refractivity contribution in [2.75, 3.05) is 75.0 Å². The fourth-order valence-electron chi connectivity index (χ4n) is 5.59. The minimum Gasteiger partial charge on any atom is -0.390 e. The van der Waals surface area contributed by atoms with Crippen molar-refractivity contribution in [3.8, 4) is 0 Å². The van der Waals surface area contributed by atoms with Gasteiger partial charge in [-0.15, -0.1) is 0 Å². The summed E-state index contributed by atoms with van der Waals surface area (Å²) in [6, 6.07) is -3.09. The zero-order valence-corrected chi connectivity index (χ0v) is 33.2. The van der Waals surface area contributed by atoms with Crippen LogP contribution >= 0.6 is 0 Å². The molecule has 5 unspecified atom stereocenters. The lowest BCUT2D eigenvalue weighted by atomic mass is 9.98. The van der Waals surface area contributed by atoms with Gasteiger partial charge in [0.25, 0.3) is 0 Å². The number of ketones is 1. The van der Waals surface area contributed by atoms with Crippen molar-refractivity contribution in [1.82, 2.24) is 40.4 Å². The van der Waals surface area contributed by atoms with Crippen LogP contribution in [0.15, 0.2) is 0 Å². The van der Waals surface area contributed by atoms with Crippen LogP contribution in [0.3, 0.4) is 0 Å². The second-order valence-corrected chi connectivity index (χ2v) is 14.7. The van der Waals surface area contributed by atoms with Gasteiger partial charge in [0.1, 0.15) is 17.9 Å². The maximum atomic E-state index is 13.9. The number of aliphatic hydroxyl groups excluding tert-OH is 1. The number of nitrogens with zero attached hydrogens (tertiary/aromatic N) is 5. The minimum atomic E-state index is -1.25. The van der Waals surface area contributed by atoms with E-state index in [0.717, 1.165) is 4.90 Å². The van der Waals surface area contributed by atoms with E-state index in [0.29, 0.717) is 19.4 Å². The fraction of sp³-hybridized carbons (Fsp3) is 0.800. The summed E-state index contributed by atoms with van der Waals surface area (Å²) in [6.07, 6.45) is 0.0736. The monoisotopic (exact) mass is 727 g/mol. The molecule has 0 fully saturated rings. The zero-order valence-electron chi connectivity index (χ0n) is 33.2. The number of carbonyl (C=O) groups is 7. The third kappa shape index (κ3) is 17.4.